The summed E-state index contributed by atoms with van der Waals surface area (Å²) in [4.78, 5) is 18.2. The van der Waals surface area contributed by atoms with Crippen molar-refractivity contribution in [1.29, 1.82) is 0 Å². The van der Waals surface area contributed by atoms with Gasteiger partial charge in [0, 0.05) is 40.2 Å². The number of nitrogens with zero attached hydrogens (tertiary/aromatic N) is 2. The van der Waals surface area contributed by atoms with Gasteiger partial charge in [-0.15, -0.1) is 24.0 Å². The average molecular weight is 444 g/mol. The molecule has 0 saturated carbocycles. The predicted octanol–water partition coefficient (Wildman–Crippen LogP) is 2.54. The van der Waals surface area contributed by atoms with E-state index < -0.39 is 0 Å². The van der Waals surface area contributed by atoms with Crippen LogP contribution in [0.1, 0.15) is 30.4 Å². The first kappa shape index (κ1) is 20.7. The maximum atomic E-state index is 11.5. The van der Waals surface area contributed by atoms with Crippen molar-refractivity contribution in [3.63, 3.8) is 0 Å². The van der Waals surface area contributed by atoms with Crippen molar-refractivity contribution >= 4 is 35.8 Å². The maximum absolute atomic E-state index is 11.5. The summed E-state index contributed by atoms with van der Waals surface area (Å²) in [6, 6.07) is 8.40. The van der Waals surface area contributed by atoms with Gasteiger partial charge in [0.15, 0.2) is 5.96 Å². The van der Waals surface area contributed by atoms with Crippen molar-refractivity contribution in [3.8, 4) is 0 Å². The molecule has 5 nitrogen and oxygen atoms in total. The van der Waals surface area contributed by atoms with E-state index in [-0.39, 0.29) is 29.9 Å². The zero-order chi connectivity index (χ0) is 16.7. The van der Waals surface area contributed by atoms with Gasteiger partial charge in [-0.05, 0) is 36.8 Å². The summed E-state index contributed by atoms with van der Waals surface area (Å²) in [6.07, 6.45) is 2.72. The van der Waals surface area contributed by atoms with E-state index in [0.29, 0.717) is 12.3 Å². The lowest BCUT2D eigenvalue weighted by molar-refractivity contribution is -0.121. The largest absolute Gasteiger partial charge is 0.359 e. The van der Waals surface area contributed by atoms with Crippen molar-refractivity contribution < 1.29 is 4.79 Å². The van der Waals surface area contributed by atoms with Crippen LogP contribution in [0.4, 0.5) is 0 Å². The van der Waals surface area contributed by atoms with Gasteiger partial charge in [0.1, 0.15) is 0 Å². The van der Waals surface area contributed by atoms with E-state index in [2.05, 4.69) is 51.7 Å². The molecule has 0 bridgehead atoms. The number of piperidine rings is 1. The number of halogens is 1. The van der Waals surface area contributed by atoms with Crippen LogP contribution in [0.25, 0.3) is 0 Å². The van der Waals surface area contributed by atoms with Crippen molar-refractivity contribution in [3.05, 3.63) is 35.4 Å². The first-order chi connectivity index (χ1) is 11.1. The third-order valence-electron chi connectivity index (χ3n) is 4.58. The van der Waals surface area contributed by atoms with E-state index >= 15 is 0 Å². The summed E-state index contributed by atoms with van der Waals surface area (Å²) in [5.41, 5.74) is 2.59. The lowest BCUT2D eigenvalue weighted by Gasteiger charge is -2.34. The molecular weight excluding hydrogens is 415 g/mol. The van der Waals surface area contributed by atoms with Crippen LogP contribution < -0.4 is 10.6 Å². The molecule has 1 aliphatic rings. The molecule has 1 amide bonds. The molecule has 2 rings (SSSR count). The van der Waals surface area contributed by atoms with E-state index in [1.54, 1.807) is 7.05 Å². The first-order valence-electron chi connectivity index (χ1n) is 8.34. The molecule has 0 spiro atoms. The van der Waals surface area contributed by atoms with Crippen molar-refractivity contribution in [2.75, 3.05) is 27.2 Å². The van der Waals surface area contributed by atoms with Gasteiger partial charge in [0.2, 0.25) is 5.91 Å². The molecule has 1 saturated heterocycles. The molecule has 1 aromatic rings. The highest BCUT2D eigenvalue weighted by Gasteiger charge is 2.22. The number of nitrogens with one attached hydrogen (secondary N) is 2. The van der Waals surface area contributed by atoms with Gasteiger partial charge in [-0.25, -0.2) is 0 Å². The zero-order valence-corrected chi connectivity index (χ0v) is 17.2. The molecule has 1 fully saturated rings. The van der Waals surface area contributed by atoms with Gasteiger partial charge in [0.25, 0.3) is 0 Å². The predicted molar refractivity (Wildman–Crippen MR) is 110 cm³/mol. The van der Waals surface area contributed by atoms with E-state index in [4.69, 9.17) is 0 Å². The minimum absolute atomic E-state index is 0. The van der Waals surface area contributed by atoms with Gasteiger partial charge >= 0.3 is 0 Å². The zero-order valence-electron chi connectivity index (χ0n) is 14.8. The summed E-state index contributed by atoms with van der Waals surface area (Å²) < 4.78 is 0. The maximum Gasteiger partial charge on any atom is 0.220 e. The Labute approximate surface area is 162 Å². The smallest absolute Gasteiger partial charge is 0.220 e. The van der Waals surface area contributed by atoms with Crippen LogP contribution >= 0.6 is 24.0 Å². The van der Waals surface area contributed by atoms with Gasteiger partial charge in [-0.2, -0.15) is 0 Å². The van der Waals surface area contributed by atoms with E-state index in [1.807, 2.05) is 7.05 Å². The summed E-state index contributed by atoms with van der Waals surface area (Å²) in [7, 11) is 3.53. The fraction of sp³-hybridized carbons (Fsp3) is 0.556. The van der Waals surface area contributed by atoms with E-state index in [9.17, 15) is 4.79 Å². The van der Waals surface area contributed by atoms with Crippen LogP contribution in [-0.2, 0) is 11.3 Å². The standard InChI is InChI=1S/C18H28N4O.HI/c1-14-6-4-5-7-16(14)13-21-18(20-3)22-10-8-15(9-11-22)12-17(23)19-2;/h4-7,15H,8-13H2,1-3H3,(H,19,23)(H,20,21);1H. The quantitative estimate of drug-likeness (QED) is 0.427. The fourth-order valence-electron chi connectivity index (χ4n) is 3.03. The lowest BCUT2D eigenvalue weighted by atomic mass is 9.93. The number of amides is 1. The molecule has 0 aliphatic carbocycles. The number of hydrogen-bond acceptors (Lipinski definition) is 2. The van der Waals surface area contributed by atoms with Crippen LogP contribution in [0.5, 0.6) is 0 Å². The lowest BCUT2D eigenvalue weighted by Crippen LogP contribution is -2.45. The summed E-state index contributed by atoms with van der Waals surface area (Å²) in [5, 5.41) is 6.17. The SMILES string of the molecule is CN=C(NCc1ccccc1C)N1CCC(CC(=O)NC)CC1.I. The molecule has 0 radical (unpaired) electrons. The number of benzene rings is 1. The number of hydrogen-bond donors (Lipinski definition) is 2. The highest BCUT2D eigenvalue weighted by molar-refractivity contribution is 14.0. The number of guanidine groups is 1. The number of rotatable bonds is 4. The summed E-state index contributed by atoms with van der Waals surface area (Å²) >= 11 is 0. The van der Waals surface area contributed by atoms with Crippen LogP contribution in [0.2, 0.25) is 0 Å². The monoisotopic (exact) mass is 444 g/mol. The summed E-state index contributed by atoms with van der Waals surface area (Å²) in [6.45, 7) is 4.83. The second kappa shape index (κ2) is 10.5. The number of aryl methyl sites for hydroxylation is 1. The van der Waals surface area contributed by atoms with Crippen LogP contribution in [0.3, 0.4) is 0 Å². The highest BCUT2D eigenvalue weighted by atomic mass is 127. The molecule has 1 heterocycles. The van der Waals surface area contributed by atoms with Crippen LogP contribution in [0, 0.1) is 12.8 Å². The molecule has 0 unspecified atom stereocenters. The molecule has 0 atom stereocenters. The Hall–Kier alpha value is -1.31. The second-order valence-electron chi connectivity index (χ2n) is 6.13. The molecule has 134 valence electrons. The minimum Gasteiger partial charge on any atom is -0.359 e. The van der Waals surface area contributed by atoms with Crippen LogP contribution in [0.15, 0.2) is 29.3 Å². The third kappa shape index (κ3) is 5.96. The van der Waals surface area contributed by atoms with Crippen molar-refractivity contribution in [1.82, 2.24) is 15.5 Å². The number of aliphatic imine (C=N–C) groups is 1. The van der Waals surface area contributed by atoms with Crippen molar-refractivity contribution in [2.45, 2.75) is 32.7 Å². The molecule has 1 aliphatic heterocycles. The van der Waals surface area contributed by atoms with Gasteiger partial charge in [0.05, 0.1) is 0 Å². The molecule has 2 N–H and O–H groups in total. The third-order valence-corrected chi connectivity index (χ3v) is 4.58. The Bertz CT molecular complexity index is 554. The number of carbonyl (C=O) groups is 1. The van der Waals surface area contributed by atoms with Crippen LogP contribution in [-0.4, -0.2) is 44.0 Å². The Morgan fingerprint density at radius 3 is 2.54 bits per heavy atom. The summed E-state index contributed by atoms with van der Waals surface area (Å²) in [5.74, 6) is 1.58. The first-order valence-corrected chi connectivity index (χ1v) is 8.34. The normalized spacial score (nSPS) is 15.6. The molecular formula is C18H29IN4O. The topological polar surface area (TPSA) is 56.7 Å². The van der Waals surface area contributed by atoms with Gasteiger partial charge in [-0.1, -0.05) is 24.3 Å². The Morgan fingerprint density at radius 2 is 1.96 bits per heavy atom. The molecule has 0 aromatic heterocycles. The fourth-order valence-corrected chi connectivity index (χ4v) is 3.03. The van der Waals surface area contributed by atoms with Gasteiger partial charge < -0.3 is 15.5 Å². The number of likely N-dealkylation sites (tertiary alicyclic amines) is 1. The van der Waals surface area contributed by atoms with Gasteiger partial charge in [-0.3, -0.25) is 9.79 Å². The molecule has 24 heavy (non-hydrogen) atoms. The minimum atomic E-state index is 0. The number of carbonyl (C=O) groups excluding carboxylic acids is 1. The Morgan fingerprint density at radius 1 is 1.29 bits per heavy atom. The van der Waals surface area contributed by atoms with E-state index in [0.717, 1.165) is 38.4 Å². The molecule has 1 aromatic carbocycles. The molecule has 6 heteroatoms. The van der Waals surface area contributed by atoms with E-state index in [1.165, 1.54) is 11.1 Å². The highest BCUT2D eigenvalue weighted by Crippen LogP contribution is 2.20. The average Bonchev–Trinajstić information content (AvgIpc) is 2.58. The van der Waals surface area contributed by atoms with Crippen molar-refractivity contribution in [2.24, 2.45) is 10.9 Å². The Balaban J connectivity index is 0.00000288. The second-order valence-corrected chi connectivity index (χ2v) is 6.13. The Kier molecular flexibility index (Phi) is 9.10.